The Kier molecular flexibility index (Phi) is 5.65. The number of amides is 1. The number of primary amides is 1. The summed E-state index contributed by atoms with van der Waals surface area (Å²) in [5, 5.41) is 3.31. The molecule has 0 bridgehead atoms. The highest BCUT2D eigenvalue weighted by atomic mass is 16.1. The van der Waals surface area contributed by atoms with Crippen LogP contribution in [-0.2, 0) is 4.79 Å². The lowest BCUT2D eigenvalue weighted by Crippen LogP contribution is -2.33. The lowest BCUT2D eigenvalue weighted by Gasteiger charge is -2.16. The van der Waals surface area contributed by atoms with Crippen LogP contribution in [0.15, 0.2) is 0 Å². The molecular formula is C11H23N3O. The summed E-state index contributed by atoms with van der Waals surface area (Å²) < 4.78 is 0. The zero-order chi connectivity index (χ0) is 11.1. The van der Waals surface area contributed by atoms with Crippen molar-refractivity contribution in [1.82, 2.24) is 10.2 Å². The SMILES string of the molecule is CC(CC(N)=O)NCCCN1CCCC1. The van der Waals surface area contributed by atoms with E-state index in [0.29, 0.717) is 6.42 Å². The lowest BCUT2D eigenvalue weighted by atomic mass is 10.2. The predicted octanol–water partition coefficient (Wildman–Crippen LogP) is 0.326. The second-order valence-corrected chi connectivity index (χ2v) is 4.43. The summed E-state index contributed by atoms with van der Waals surface area (Å²) in [6.45, 7) is 6.68. The third-order valence-electron chi connectivity index (χ3n) is 2.85. The van der Waals surface area contributed by atoms with Crippen LogP contribution < -0.4 is 11.1 Å². The molecule has 15 heavy (non-hydrogen) atoms. The summed E-state index contributed by atoms with van der Waals surface area (Å²) in [5.74, 6) is -0.227. The molecule has 1 saturated heterocycles. The third kappa shape index (κ3) is 5.74. The third-order valence-corrected chi connectivity index (χ3v) is 2.85. The average Bonchev–Trinajstić information content (AvgIpc) is 2.63. The van der Waals surface area contributed by atoms with Gasteiger partial charge < -0.3 is 16.0 Å². The minimum absolute atomic E-state index is 0.209. The molecule has 1 unspecified atom stereocenters. The van der Waals surface area contributed by atoms with Gasteiger partial charge in [-0.3, -0.25) is 4.79 Å². The first-order chi connectivity index (χ1) is 7.18. The first-order valence-corrected chi connectivity index (χ1v) is 5.92. The van der Waals surface area contributed by atoms with E-state index in [4.69, 9.17) is 5.73 Å². The van der Waals surface area contributed by atoms with Gasteiger partial charge in [0.2, 0.25) is 5.91 Å². The Labute approximate surface area is 92.2 Å². The molecule has 0 aromatic carbocycles. The van der Waals surface area contributed by atoms with E-state index in [0.717, 1.165) is 13.0 Å². The maximum absolute atomic E-state index is 10.6. The summed E-state index contributed by atoms with van der Waals surface area (Å²) in [6, 6.07) is 0.209. The summed E-state index contributed by atoms with van der Waals surface area (Å²) in [6.07, 6.45) is 4.30. The molecule has 0 radical (unpaired) electrons. The number of hydrogen-bond acceptors (Lipinski definition) is 3. The molecule has 1 atom stereocenters. The molecule has 1 amide bonds. The first kappa shape index (κ1) is 12.5. The van der Waals surface area contributed by atoms with Gasteiger partial charge in [0.05, 0.1) is 0 Å². The molecular weight excluding hydrogens is 190 g/mol. The number of carbonyl (C=O) groups excluding carboxylic acids is 1. The van der Waals surface area contributed by atoms with Gasteiger partial charge in [0, 0.05) is 12.5 Å². The van der Waals surface area contributed by atoms with Gasteiger partial charge in [-0.2, -0.15) is 0 Å². The zero-order valence-corrected chi connectivity index (χ0v) is 9.67. The number of nitrogens with zero attached hydrogens (tertiary/aromatic N) is 1. The van der Waals surface area contributed by atoms with Crippen molar-refractivity contribution in [3.05, 3.63) is 0 Å². The quantitative estimate of drug-likeness (QED) is 0.599. The summed E-state index contributed by atoms with van der Waals surface area (Å²) in [5.41, 5.74) is 5.11. The van der Waals surface area contributed by atoms with Gasteiger partial charge >= 0.3 is 0 Å². The highest BCUT2D eigenvalue weighted by molar-refractivity contribution is 5.74. The second kappa shape index (κ2) is 6.80. The molecule has 0 aliphatic carbocycles. The van der Waals surface area contributed by atoms with Crippen LogP contribution in [0.1, 0.15) is 32.6 Å². The number of rotatable bonds is 7. The van der Waals surface area contributed by atoms with Crippen molar-refractivity contribution < 1.29 is 4.79 Å². The smallest absolute Gasteiger partial charge is 0.218 e. The van der Waals surface area contributed by atoms with E-state index in [-0.39, 0.29) is 11.9 Å². The fraction of sp³-hybridized carbons (Fsp3) is 0.909. The van der Waals surface area contributed by atoms with Crippen LogP contribution in [0, 0.1) is 0 Å². The van der Waals surface area contributed by atoms with Crippen molar-refractivity contribution in [2.45, 2.75) is 38.6 Å². The van der Waals surface area contributed by atoms with Crippen LogP contribution in [0.2, 0.25) is 0 Å². The van der Waals surface area contributed by atoms with Crippen LogP contribution in [-0.4, -0.2) is 43.0 Å². The minimum Gasteiger partial charge on any atom is -0.370 e. The van der Waals surface area contributed by atoms with E-state index in [2.05, 4.69) is 10.2 Å². The van der Waals surface area contributed by atoms with Crippen molar-refractivity contribution in [3.63, 3.8) is 0 Å². The molecule has 88 valence electrons. The molecule has 1 aliphatic heterocycles. The van der Waals surface area contributed by atoms with Crippen molar-refractivity contribution in [1.29, 1.82) is 0 Å². The van der Waals surface area contributed by atoms with E-state index in [1.807, 2.05) is 6.92 Å². The number of hydrogen-bond donors (Lipinski definition) is 2. The van der Waals surface area contributed by atoms with Crippen molar-refractivity contribution in [3.8, 4) is 0 Å². The predicted molar refractivity (Wildman–Crippen MR) is 61.6 cm³/mol. The Balaban J connectivity index is 1.93. The summed E-state index contributed by atoms with van der Waals surface area (Å²) in [4.78, 5) is 13.1. The van der Waals surface area contributed by atoms with Gasteiger partial charge in [0.25, 0.3) is 0 Å². The highest BCUT2D eigenvalue weighted by Gasteiger charge is 2.10. The Hall–Kier alpha value is -0.610. The lowest BCUT2D eigenvalue weighted by molar-refractivity contribution is -0.118. The summed E-state index contributed by atoms with van der Waals surface area (Å²) in [7, 11) is 0. The number of nitrogens with two attached hydrogens (primary N) is 1. The van der Waals surface area contributed by atoms with Crippen molar-refractivity contribution in [2.24, 2.45) is 5.73 Å². The van der Waals surface area contributed by atoms with E-state index in [1.54, 1.807) is 0 Å². The normalized spacial score (nSPS) is 19.3. The molecule has 3 N–H and O–H groups in total. The van der Waals surface area contributed by atoms with E-state index >= 15 is 0 Å². The first-order valence-electron chi connectivity index (χ1n) is 5.92. The fourth-order valence-corrected chi connectivity index (χ4v) is 2.03. The van der Waals surface area contributed by atoms with Gasteiger partial charge in [-0.1, -0.05) is 0 Å². The molecule has 1 fully saturated rings. The van der Waals surface area contributed by atoms with Crippen LogP contribution in [0.3, 0.4) is 0 Å². The number of carbonyl (C=O) groups is 1. The number of likely N-dealkylation sites (tertiary alicyclic amines) is 1. The topological polar surface area (TPSA) is 58.4 Å². The zero-order valence-electron chi connectivity index (χ0n) is 9.67. The molecule has 0 aromatic rings. The maximum Gasteiger partial charge on any atom is 0.218 e. The van der Waals surface area contributed by atoms with Crippen molar-refractivity contribution >= 4 is 5.91 Å². The Morgan fingerprint density at radius 3 is 2.73 bits per heavy atom. The second-order valence-electron chi connectivity index (χ2n) is 4.43. The Bertz CT molecular complexity index is 190. The maximum atomic E-state index is 10.6. The van der Waals surface area contributed by atoms with Crippen LogP contribution in [0.4, 0.5) is 0 Å². The molecule has 0 aromatic heterocycles. The Morgan fingerprint density at radius 1 is 1.47 bits per heavy atom. The van der Waals surface area contributed by atoms with Gasteiger partial charge in [-0.25, -0.2) is 0 Å². The highest BCUT2D eigenvalue weighted by Crippen LogP contribution is 2.06. The minimum atomic E-state index is -0.227. The van der Waals surface area contributed by atoms with Gasteiger partial charge in [0.15, 0.2) is 0 Å². The molecule has 1 heterocycles. The van der Waals surface area contributed by atoms with Crippen LogP contribution in [0.5, 0.6) is 0 Å². The molecule has 4 heteroatoms. The molecule has 1 aliphatic rings. The van der Waals surface area contributed by atoms with Crippen LogP contribution in [0.25, 0.3) is 0 Å². The van der Waals surface area contributed by atoms with E-state index in [1.165, 1.54) is 32.5 Å². The average molecular weight is 213 g/mol. The van der Waals surface area contributed by atoms with Gasteiger partial charge in [-0.05, 0) is 52.4 Å². The largest absolute Gasteiger partial charge is 0.370 e. The monoisotopic (exact) mass is 213 g/mol. The van der Waals surface area contributed by atoms with E-state index in [9.17, 15) is 4.79 Å². The molecule has 0 saturated carbocycles. The summed E-state index contributed by atoms with van der Waals surface area (Å²) >= 11 is 0. The van der Waals surface area contributed by atoms with E-state index < -0.39 is 0 Å². The Morgan fingerprint density at radius 2 is 2.13 bits per heavy atom. The van der Waals surface area contributed by atoms with Gasteiger partial charge in [-0.15, -0.1) is 0 Å². The number of nitrogens with one attached hydrogen (secondary N) is 1. The standard InChI is InChI=1S/C11H23N3O/c1-10(9-11(12)15)13-5-4-8-14-6-2-3-7-14/h10,13H,2-9H2,1H3,(H2,12,15). The molecule has 4 nitrogen and oxygen atoms in total. The fourth-order valence-electron chi connectivity index (χ4n) is 2.03. The molecule has 1 rings (SSSR count). The van der Waals surface area contributed by atoms with Crippen molar-refractivity contribution in [2.75, 3.05) is 26.2 Å². The molecule has 0 spiro atoms. The van der Waals surface area contributed by atoms with Gasteiger partial charge in [0.1, 0.15) is 0 Å². The van der Waals surface area contributed by atoms with Crippen LogP contribution >= 0.6 is 0 Å².